The summed E-state index contributed by atoms with van der Waals surface area (Å²) in [7, 11) is 3.95. The van der Waals surface area contributed by atoms with Crippen molar-refractivity contribution in [3.05, 3.63) is 64.7 Å². The number of carbonyl (C=O) groups is 2. The van der Waals surface area contributed by atoms with E-state index in [2.05, 4.69) is 6.92 Å². The number of hydrogen-bond donors (Lipinski definition) is 1. The van der Waals surface area contributed by atoms with Gasteiger partial charge in [-0.05, 0) is 81.9 Å². The number of nitrogens with zero attached hydrogens (tertiary/aromatic N) is 2. The lowest BCUT2D eigenvalue weighted by Gasteiger charge is -2.26. The van der Waals surface area contributed by atoms with Crippen LogP contribution >= 0.6 is 0 Å². The second-order valence-electron chi connectivity index (χ2n) is 9.88. The van der Waals surface area contributed by atoms with Crippen molar-refractivity contribution in [2.45, 2.75) is 51.7 Å². The maximum atomic E-state index is 13.3. The molecule has 2 heterocycles. The van der Waals surface area contributed by atoms with Crippen LogP contribution in [0, 0.1) is 0 Å². The van der Waals surface area contributed by atoms with E-state index in [-0.39, 0.29) is 17.4 Å². The molecule has 1 amide bonds. The predicted molar refractivity (Wildman–Crippen MR) is 139 cm³/mol. The molecule has 0 bridgehead atoms. The van der Waals surface area contributed by atoms with Crippen LogP contribution in [-0.4, -0.2) is 66.5 Å². The highest BCUT2D eigenvalue weighted by molar-refractivity contribution is 6.46. The van der Waals surface area contributed by atoms with Gasteiger partial charge in [-0.1, -0.05) is 25.5 Å². The molecule has 0 unspecified atom stereocenters. The molecule has 2 aromatic carbocycles. The minimum atomic E-state index is -0.666. The molecule has 1 N–H and O–H groups in total. The predicted octanol–water partition coefficient (Wildman–Crippen LogP) is 4.56. The zero-order valence-electron chi connectivity index (χ0n) is 21.6. The van der Waals surface area contributed by atoms with Crippen molar-refractivity contribution in [2.75, 3.05) is 33.8 Å². The maximum Gasteiger partial charge on any atom is 0.295 e. The lowest BCUT2D eigenvalue weighted by Crippen LogP contribution is -2.32. The van der Waals surface area contributed by atoms with Crippen LogP contribution < -0.4 is 9.47 Å². The molecule has 1 saturated heterocycles. The van der Waals surface area contributed by atoms with Gasteiger partial charge in [0.05, 0.1) is 18.2 Å². The zero-order chi connectivity index (χ0) is 25.8. The number of rotatable bonds is 10. The molecule has 192 valence electrons. The Morgan fingerprint density at radius 3 is 2.58 bits per heavy atom. The first kappa shape index (κ1) is 25.8. The minimum absolute atomic E-state index is 0.0673. The summed E-state index contributed by atoms with van der Waals surface area (Å²) >= 11 is 0. The fourth-order valence-electron chi connectivity index (χ4n) is 4.82. The molecule has 36 heavy (non-hydrogen) atoms. The number of likely N-dealkylation sites (tertiary alicyclic amines) is 1. The summed E-state index contributed by atoms with van der Waals surface area (Å²) < 4.78 is 11.6. The highest BCUT2D eigenvalue weighted by atomic mass is 16.5. The fourth-order valence-corrected chi connectivity index (χ4v) is 4.82. The standard InChI is InChI=1S/C29H36N2O5/c1-5-6-16-35-23-11-8-20(9-12-23)26-25(28(33)29(34)31(26)15-7-14-30(3)4)27(32)21-10-13-24-22(18-21)17-19(2)36-24/h8-13,18-19,26,32H,5-7,14-17H2,1-4H3/t19-,26+/m1/s1. The second-order valence-corrected chi connectivity index (χ2v) is 9.88. The van der Waals surface area contributed by atoms with E-state index in [1.54, 1.807) is 11.0 Å². The second kappa shape index (κ2) is 11.2. The molecule has 2 atom stereocenters. The normalized spacial score (nSPS) is 20.6. The van der Waals surface area contributed by atoms with Gasteiger partial charge in [0, 0.05) is 18.5 Å². The number of hydrogen-bond acceptors (Lipinski definition) is 6. The molecule has 1 fully saturated rings. The molecule has 0 aliphatic carbocycles. The van der Waals surface area contributed by atoms with Gasteiger partial charge in [-0.2, -0.15) is 0 Å². The highest BCUT2D eigenvalue weighted by Gasteiger charge is 2.45. The Hall–Kier alpha value is -3.32. The molecule has 0 radical (unpaired) electrons. The first-order valence-electron chi connectivity index (χ1n) is 12.8. The summed E-state index contributed by atoms with van der Waals surface area (Å²) in [6.45, 7) is 5.94. The van der Waals surface area contributed by atoms with E-state index in [1.165, 1.54) is 0 Å². The summed E-state index contributed by atoms with van der Waals surface area (Å²) in [6, 6.07) is 12.2. The van der Waals surface area contributed by atoms with Crippen LogP contribution in [0.4, 0.5) is 0 Å². The number of Topliss-reactive ketones (excluding diaryl/α,β-unsaturated/α-hetero) is 1. The summed E-state index contributed by atoms with van der Waals surface area (Å²) in [4.78, 5) is 30.1. The fraction of sp³-hybridized carbons (Fsp3) is 0.448. The monoisotopic (exact) mass is 492 g/mol. The third kappa shape index (κ3) is 5.41. The van der Waals surface area contributed by atoms with Crippen molar-refractivity contribution in [3.8, 4) is 11.5 Å². The van der Waals surface area contributed by atoms with E-state index in [1.807, 2.05) is 62.3 Å². The average Bonchev–Trinajstić information content (AvgIpc) is 3.35. The molecule has 0 spiro atoms. The molecule has 7 heteroatoms. The number of aliphatic hydroxyl groups is 1. The van der Waals surface area contributed by atoms with Crippen molar-refractivity contribution >= 4 is 17.4 Å². The Balaban J connectivity index is 1.71. The quantitative estimate of drug-likeness (QED) is 0.227. The van der Waals surface area contributed by atoms with Crippen molar-refractivity contribution in [3.63, 3.8) is 0 Å². The molecule has 2 aliphatic heterocycles. The molecule has 4 rings (SSSR count). The van der Waals surface area contributed by atoms with Crippen LogP contribution in [-0.2, 0) is 16.0 Å². The van der Waals surface area contributed by atoms with Crippen LogP contribution in [0.1, 0.15) is 55.8 Å². The van der Waals surface area contributed by atoms with Crippen LogP contribution in [0.2, 0.25) is 0 Å². The Bertz CT molecular complexity index is 1140. The molecule has 2 aromatic rings. The van der Waals surface area contributed by atoms with E-state index < -0.39 is 17.7 Å². The highest BCUT2D eigenvalue weighted by Crippen LogP contribution is 2.41. The summed E-state index contributed by atoms with van der Waals surface area (Å²) in [6.07, 6.45) is 3.53. The molecular weight excluding hydrogens is 456 g/mol. The van der Waals surface area contributed by atoms with Crippen LogP contribution in [0.25, 0.3) is 5.76 Å². The van der Waals surface area contributed by atoms with E-state index in [0.717, 1.165) is 48.4 Å². The van der Waals surface area contributed by atoms with Gasteiger partial charge in [-0.15, -0.1) is 0 Å². The molecular formula is C29H36N2O5. The van der Waals surface area contributed by atoms with Crippen molar-refractivity contribution in [2.24, 2.45) is 0 Å². The van der Waals surface area contributed by atoms with Gasteiger partial charge in [0.15, 0.2) is 0 Å². The third-order valence-electron chi connectivity index (χ3n) is 6.68. The van der Waals surface area contributed by atoms with E-state index >= 15 is 0 Å². The minimum Gasteiger partial charge on any atom is -0.507 e. The number of carbonyl (C=O) groups excluding carboxylic acids is 2. The number of ketones is 1. The number of unbranched alkanes of at least 4 members (excludes halogenated alkanes) is 1. The summed E-state index contributed by atoms with van der Waals surface area (Å²) in [5, 5.41) is 11.4. The average molecular weight is 493 g/mol. The van der Waals surface area contributed by atoms with Crippen molar-refractivity contribution in [1.29, 1.82) is 0 Å². The SMILES string of the molecule is CCCCOc1ccc([C@H]2C(=C(O)c3ccc4c(c3)C[C@@H](C)O4)C(=O)C(=O)N2CCCN(C)C)cc1. The summed E-state index contributed by atoms with van der Waals surface area (Å²) in [5.41, 5.74) is 2.39. The lowest BCUT2D eigenvalue weighted by molar-refractivity contribution is -0.139. The molecule has 2 aliphatic rings. The van der Waals surface area contributed by atoms with Crippen LogP contribution in [0.15, 0.2) is 48.0 Å². The van der Waals surface area contributed by atoms with Gasteiger partial charge in [0.25, 0.3) is 11.7 Å². The lowest BCUT2D eigenvalue weighted by atomic mass is 9.94. The van der Waals surface area contributed by atoms with Crippen LogP contribution in [0.5, 0.6) is 11.5 Å². The van der Waals surface area contributed by atoms with Crippen LogP contribution in [0.3, 0.4) is 0 Å². The van der Waals surface area contributed by atoms with Gasteiger partial charge in [0.2, 0.25) is 0 Å². The Kier molecular flexibility index (Phi) is 7.99. The van der Waals surface area contributed by atoms with Gasteiger partial charge >= 0.3 is 0 Å². The Morgan fingerprint density at radius 1 is 1.14 bits per heavy atom. The third-order valence-corrected chi connectivity index (χ3v) is 6.68. The summed E-state index contributed by atoms with van der Waals surface area (Å²) in [5.74, 6) is 0.138. The van der Waals surface area contributed by atoms with Crippen molar-refractivity contribution in [1.82, 2.24) is 9.80 Å². The maximum absolute atomic E-state index is 13.3. The number of benzene rings is 2. The Morgan fingerprint density at radius 2 is 1.89 bits per heavy atom. The topological polar surface area (TPSA) is 79.3 Å². The molecule has 0 aromatic heterocycles. The number of ether oxygens (including phenoxy) is 2. The van der Waals surface area contributed by atoms with Gasteiger partial charge in [-0.25, -0.2) is 0 Å². The first-order valence-corrected chi connectivity index (χ1v) is 12.8. The number of aliphatic hydroxyl groups excluding tert-OH is 1. The van der Waals surface area contributed by atoms with E-state index in [0.29, 0.717) is 25.1 Å². The first-order chi connectivity index (χ1) is 17.3. The van der Waals surface area contributed by atoms with E-state index in [9.17, 15) is 14.7 Å². The van der Waals surface area contributed by atoms with Crippen molar-refractivity contribution < 1.29 is 24.2 Å². The number of fused-ring (bicyclic) bond motifs is 1. The van der Waals surface area contributed by atoms with Gasteiger partial charge in [0.1, 0.15) is 23.4 Å². The Labute approximate surface area is 213 Å². The zero-order valence-corrected chi connectivity index (χ0v) is 21.6. The van der Waals surface area contributed by atoms with Gasteiger partial charge < -0.3 is 24.4 Å². The molecule has 7 nitrogen and oxygen atoms in total. The number of amides is 1. The van der Waals surface area contributed by atoms with Gasteiger partial charge in [-0.3, -0.25) is 9.59 Å². The smallest absolute Gasteiger partial charge is 0.295 e. The van der Waals surface area contributed by atoms with E-state index in [4.69, 9.17) is 9.47 Å². The largest absolute Gasteiger partial charge is 0.507 e. The molecule has 0 saturated carbocycles.